The molecule has 0 fully saturated rings. The van der Waals surface area contributed by atoms with Gasteiger partial charge in [-0.1, -0.05) is 38.1 Å². The molecule has 5 heteroatoms. The third-order valence-corrected chi connectivity index (χ3v) is 4.41. The lowest BCUT2D eigenvalue weighted by Gasteiger charge is -2.10. The van der Waals surface area contributed by atoms with Gasteiger partial charge in [0.15, 0.2) is 0 Å². The molecule has 0 aliphatic heterocycles. The van der Waals surface area contributed by atoms with E-state index in [1.165, 1.54) is 5.56 Å². The SMILES string of the molecule is CCNCCCS(=O)(=O)NCc1ccccc1CC. The number of benzene rings is 1. The first kappa shape index (κ1) is 16.1. The van der Waals surface area contributed by atoms with Crippen LogP contribution in [-0.4, -0.2) is 27.3 Å². The second-order valence-electron chi connectivity index (χ2n) is 4.47. The second-order valence-corrected chi connectivity index (χ2v) is 6.40. The van der Waals surface area contributed by atoms with E-state index in [-0.39, 0.29) is 5.75 Å². The molecule has 0 radical (unpaired) electrons. The van der Waals surface area contributed by atoms with Crippen LogP contribution in [0.25, 0.3) is 0 Å². The summed E-state index contributed by atoms with van der Waals surface area (Å²) in [6.07, 6.45) is 1.55. The maximum atomic E-state index is 11.8. The summed E-state index contributed by atoms with van der Waals surface area (Å²) in [5, 5.41) is 3.12. The minimum Gasteiger partial charge on any atom is -0.317 e. The highest BCUT2D eigenvalue weighted by atomic mass is 32.2. The van der Waals surface area contributed by atoms with E-state index in [2.05, 4.69) is 17.0 Å². The fourth-order valence-electron chi connectivity index (χ4n) is 1.90. The minimum absolute atomic E-state index is 0.175. The van der Waals surface area contributed by atoms with Crippen LogP contribution in [0.5, 0.6) is 0 Å². The fraction of sp³-hybridized carbons (Fsp3) is 0.571. The van der Waals surface area contributed by atoms with Gasteiger partial charge in [0, 0.05) is 6.54 Å². The maximum absolute atomic E-state index is 11.8. The van der Waals surface area contributed by atoms with Crippen LogP contribution in [0.1, 0.15) is 31.4 Å². The standard InChI is InChI=1S/C14H24N2O2S/c1-3-13-8-5-6-9-14(13)12-16-19(17,18)11-7-10-15-4-2/h5-6,8-9,15-16H,3-4,7,10-12H2,1-2H3. The molecular weight excluding hydrogens is 260 g/mol. The summed E-state index contributed by atoms with van der Waals surface area (Å²) in [5.41, 5.74) is 2.25. The average molecular weight is 284 g/mol. The Balaban J connectivity index is 2.46. The van der Waals surface area contributed by atoms with Gasteiger partial charge in [-0.2, -0.15) is 0 Å². The van der Waals surface area contributed by atoms with Crippen molar-refractivity contribution in [3.63, 3.8) is 0 Å². The summed E-state index contributed by atoms with van der Waals surface area (Å²) in [5.74, 6) is 0.175. The molecule has 0 heterocycles. The van der Waals surface area contributed by atoms with Gasteiger partial charge in [0.1, 0.15) is 0 Å². The number of hydrogen-bond acceptors (Lipinski definition) is 3. The van der Waals surface area contributed by atoms with E-state index >= 15 is 0 Å². The van der Waals surface area contributed by atoms with Crippen LogP contribution in [0.4, 0.5) is 0 Å². The lowest BCUT2D eigenvalue weighted by molar-refractivity contribution is 0.575. The van der Waals surface area contributed by atoms with Crippen LogP contribution in [0.3, 0.4) is 0 Å². The summed E-state index contributed by atoms with van der Waals surface area (Å²) in [4.78, 5) is 0. The molecule has 1 rings (SSSR count). The average Bonchev–Trinajstić information content (AvgIpc) is 2.42. The minimum atomic E-state index is -3.18. The number of aryl methyl sites for hydroxylation is 1. The van der Waals surface area contributed by atoms with Gasteiger partial charge in [-0.3, -0.25) is 0 Å². The summed E-state index contributed by atoms with van der Waals surface area (Å²) >= 11 is 0. The van der Waals surface area contributed by atoms with Crippen molar-refractivity contribution in [1.29, 1.82) is 0 Å². The summed E-state index contributed by atoms with van der Waals surface area (Å²) in [6, 6.07) is 7.93. The Bertz CT molecular complexity index is 472. The molecule has 1 aromatic carbocycles. The molecule has 0 bridgehead atoms. The molecule has 0 aromatic heterocycles. The molecule has 4 nitrogen and oxygen atoms in total. The Morgan fingerprint density at radius 3 is 2.42 bits per heavy atom. The van der Waals surface area contributed by atoms with Crippen LogP contribution in [0.15, 0.2) is 24.3 Å². The molecule has 0 spiro atoms. The van der Waals surface area contributed by atoms with Gasteiger partial charge in [0.2, 0.25) is 10.0 Å². The molecule has 0 unspecified atom stereocenters. The van der Waals surface area contributed by atoms with E-state index in [1.807, 2.05) is 31.2 Å². The van der Waals surface area contributed by atoms with Crippen molar-refractivity contribution in [2.24, 2.45) is 0 Å². The number of sulfonamides is 1. The predicted molar refractivity (Wildman–Crippen MR) is 79.6 cm³/mol. The van der Waals surface area contributed by atoms with E-state index in [4.69, 9.17) is 0 Å². The van der Waals surface area contributed by atoms with E-state index in [0.717, 1.165) is 25.1 Å². The zero-order chi connectivity index (χ0) is 14.1. The quantitative estimate of drug-likeness (QED) is 0.678. The fourth-order valence-corrected chi connectivity index (χ4v) is 2.94. The van der Waals surface area contributed by atoms with Crippen molar-refractivity contribution in [3.8, 4) is 0 Å². The largest absolute Gasteiger partial charge is 0.317 e. The van der Waals surface area contributed by atoms with Gasteiger partial charge in [-0.15, -0.1) is 0 Å². The summed E-state index contributed by atoms with van der Waals surface area (Å²) in [7, 11) is -3.18. The number of rotatable bonds is 9. The molecule has 0 atom stereocenters. The zero-order valence-electron chi connectivity index (χ0n) is 11.8. The van der Waals surface area contributed by atoms with Crippen molar-refractivity contribution in [1.82, 2.24) is 10.0 Å². The van der Waals surface area contributed by atoms with Gasteiger partial charge < -0.3 is 5.32 Å². The van der Waals surface area contributed by atoms with Crippen LogP contribution in [0, 0.1) is 0 Å². The highest BCUT2D eigenvalue weighted by Gasteiger charge is 2.10. The highest BCUT2D eigenvalue weighted by Crippen LogP contribution is 2.09. The molecule has 0 amide bonds. The van der Waals surface area contributed by atoms with Crippen molar-refractivity contribution >= 4 is 10.0 Å². The molecule has 0 saturated heterocycles. The van der Waals surface area contributed by atoms with Crippen molar-refractivity contribution in [2.45, 2.75) is 33.2 Å². The first-order chi connectivity index (χ1) is 9.09. The molecule has 0 saturated carbocycles. The topological polar surface area (TPSA) is 58.2 Å². The van der Waals surface area contributed by atoms with Crippen LogP contribution >= 0.6 is 0 Å². The van der Waals surface area contributed by atoms with Gasteiger partial charge >= 0.3 is 0 Å². The number of nitrogens with one attached hydrogen (secondary N) is 2. The lowest BCUT2D eigenvalue weighted by Crippen LogP contribution is -2.28. The van der Waals surface area contributed by atoms with Crippen LogP contribution < -0.4 is 10.0 Å². The molecular formula is C14H24N2O2S. The van der Waals surface area contributed by atoms with Crippen LogP contribution in [-0.2, 0) is 23.0 Å². The number of hydrogen-bond donors (Lipinski definition) is 2. The van der Waals surface area contributed by atoms with E-state index in [0.29, 0.717) is 13.0 Å². The monoisotopic (exact) mass is 284 g/mol. The van der Waals surface area contributed by atoms with Crippen molar-refractivity contribution in [2.75, 3.05) is 18.8 Å². The van der Waals surface area contributed by atoms with Crippen LogP contribution in [0.2, 0.25) is 0 Å². The highest BCUT2D eigenvalue weighted by molar-refractivity contribution is 7.89. The third-order valence-electron chi connectivity index (χ3n) is 3.00. The zero-order valence-corrected chi connectivity index (χ0v) is 12.6. The van der Waals surface area contributed by atoms with Gasteiger partial charge in [0.05, 0.1) is 5.75 Å². The normalized spacial score (nSPS) is 11.7. The Morgan fingerprint density at radius 1 is 1.11 bits per heavy atom. The van der Waals surface area contributed by atoms with E-state index < -0.39 is 10.0 Å². The second kappa shape index (κ2) is 8.30. The Kier molecular flexibility index (Phi) is 7.05. The first-order valence-corrected chi connectivity index (χ1v) is 8.49. The summed E-state index contributed by atoms with van der Waals surface area (Å²) < 4.78 is 26.3. The Labute approximate surface area is 116 Å². The van der Waals surface area contributed by atoms with Crippen molar-refractivity contribution in [3.05, 3.63) is 35.4 Å². The smallest absolute Gasteiger partial charge is 0.211 e. The lowest BCUT2D eigenvalue weighted by atomic mass is 10.1. The Morgan fingerprint density at radius 2 is 1.79 bits per heavy atom. The molecule has 0 aliphatic rings. The van der Waals surface area contributed by atoms with Gasteiger partial charge in [-0.25, -0.2) is 13.1 Å². The van der Waals surface area contributed by atoms with Gasteiger partial charge in [0.25, 0.3) is 0 Å². The van der Waals surface area contributed by atoms with Crippen molar-refractivity contribution < 1.29 is 8.42 Å². The predicted octanol–water partition coefficient (Wildman–Crippen LogP) is 1.67. The molecule has 2 N–H and O–H groups in total. The molecule has 0 aliphatic carbocycles. The third kappa shape index (κ3) is 6.18. The molecule has 1 aromatic rings. The maximum Gasteiger partial charge on any atom is 0.211 e. The molecule has 108 valence electrons. The van der Waals surface area contributed by atoms with E-state index in [9.17, 15) is 8.42 Å². The van der Waals surface area contributed by atoms with E-state index in [1.54, 1.807) is 0 Å². The Hall–Kier alpha value is -0.910. The summed E-state index contributed by atoms with van der Waals surface area (Å²) in [6.45, 7) is 6.08. The molecule has 19 heavy (non-hydrogen) atoms. The first-order valence-electron chi connectivity index (χ1n) is 6.84. The van der Waals surface area contributed by atoms with Gasteiger partial charge in [-0.05, 0) is 37.1 Å².